The predicted molar refractivity (Wildman–Crippen MR) is 118 cm³/mol. The van der Waals surface area contributed by atoms with Crippen LogP contribution in [0.25, 0.3) is 10.9 Å². The van der Waals surface area contributed by atoms with Crippen LogP contribution in [0.15, 0.2) is 53.4 Å². The van der Waals surface area contributed by atoms with Gasteiger partial charge in [-0.25, -0.2) is 23.1 Å². The van der Waals surface area contributed by atoms with Crippen LogP contribution in [0.2, 0.25) is 0 Å². The third-order valence-corrected chi connectivity index (χ3v) is 6.09. The smallest absolute Gasteiger partial charge is 0.241 e. The lowest BCUT2D eigenvalue weighted by Crippen LogP contribution is -2.40. The zero-order valence-electron chi connectivity index (χ0n) is 17.5. The lowest BCUT2D eigenvalue weighted by atomic mass is 10.0. The Morgan fingerprint density at radius 2 is 1.87 bits per heavy atom. The normalized spacial score (nSPS) is 12.6. The molecule has 0 unspecified atom stereocenters. The van der Waals surface area contributed by atoms with Crippen LogP contribution < -0.4 is 20.5 Å². The lowest BCUT2D eigenvalue weighted by molar-refractivity contribution is -0.119. The number of amides is 1. The Labute approximate surface area is 181 Å². The van der Waals surface area contributed by atoms with E-state index in [4.69, 9.17) is 10.5 Å². The molecule has 2 aromatic carbocycles. The van der Waals surface area contributed by atoms with Crippen molar-refractivity contribution in [3.05, 3.63) is 54.4 Å². The van der Waals surface area contributed by atoms with Gasteiger partial charge in [0.1, 0.15) is 23.4 Å². The topological polar surface area (TPSA) is 136 Å². The predicted octanol–water partition coefficient (Wildman–Crippen LogP) is 2.04. The molecule has 1 heterocycles. The number of aromatic nitrogens is 2. The number of ether oxygens (including phenoxy) is 1. The molecule has 9 nitrogen and oxygen atoms in total. The minimum Gasteiger partial charge on any atom is -0.497 e. The number of fused-ring (bicyclic) bond motifs is 1. The van der Waals surface area contributed by atoms with E-state index in [9.17, 15) is 13.2 Å². The molecule has 0 saturated heterocycles. The van der Waals surface area contributed by atoms with Crippen LogP contribution in [0.1, 0.15) is 19.7 Å². The van der Waals surface area contributed by atoms with Gasteiger partial charge in [-0.2, -0.15) is 0 Å². The van der Waals surface area contributed by atoms with Crippen molar-refractivity contribution < 1.29 is 17.9 Å². The summed E-state index contributed by atoms with van der Waals surface area (Å²) < 4.78 is 33.0. The summed E-state index contributed by atoms with van der Waals surface area (Å²) in [5.74, 6) is 0.528. The average Bonchev–Trinajstić information content (AvgIpc) is 2.75. The summed E-state index contributed by atoms with van der Waals surface area (Å²) >= 11 is 0. The number of rotatable bonds is 9. The first-order valence-electron chi connectivity index (χ1n) is 9.66. The average molecular weight is 444 g/mol. The van der Waals surface area contributed by atoms with E-state index in [0.29, 0.717) is 22.5 Å². The molecule has 164 valence electrons. The minimum absolute atomic E-state index is 0.0683. The molecule has 0 radical (unpaired) electrons. The Kier molecular flexibility index (Phi) is 6.71. The first-order chi connectivity index (χ1) is 14.7. The maximum atomic E-state index is 12.7. The van der Waals surface area contributed by atoms with Gasteiger partial charge in [0.15, 0.2) is 0 Å². The van der Waals surface area contributed by atoms with Crippen LogP contribution in [0.5, 0.6) is 5.75 Å². The second-order valence-corrected chi connectivity index (χ2v) is 9.04. The number of nitrogens with zero attached hydrogens (tertiary/aromatic N) is 2. The molecule has 31 heavy (non-hydrogen) atoms. The molecule has 0 aliphatic rings. The summed E-state index contributed by atoms with van der Waals surface area (Å²) in [7, 11) is -2.35. The lowest BCUT2D eigenvalue weighted by Gasteiger charge is -2.21. The molecule has 1 atom stereocenters. The second kappa shape index (κ2) is 9.27. The Morgan fingerprint density at radius 1 is 1.13 bits per heavy atom. The number of nitrogens with one attached hydrogen (secondary N) is 2. The van der Waals surface area contributed by atoms with E-state index >= 15 is 0 Å². The molecule has 0 bridgehead atoms. The van der Waals surface area contributed by atoms with Crippen molar-refractivity contribution in [3.8, 4) is 5.75 Å². The Morgan fingerprint density at radius 3 is 2.55 bits per heavy atom. The second-order valence-electron chi connectivity index (χ2n) is 7.28. The molecule has 1 aromatic heterocycles. The standard InChI is InChI=1S/C21H25N5O4S/c1-13(2)19(20(22)27)26-21-16-9-4-5-10-17(16)24-18(25-21)12-23-31(28,29)15-8-6-7-14(11-15)30-3/h4-11,13,19,23H,12H2,1-3H3,(H2,22,27)(H,24,25,26)/t19-/m0/s1. The number of anilines is 1. The number of methoxy groups -OCH3 is 1. The van der Waals surface area contributed by atoms with Crippen molar-refractivity contribution in [2.24, 2.45) is 11.7 Å². The number of hydrogen-bond acceptors (Lipinski definition) is 7. The van der Waals surface area contributed by atoms with Gasteiger partial charge >= 0.3 is 0 Å². The Bertz CT molecular complexity index is 1200. The van der Waals surface area contributed by atoms with E-state index in [-0.39, 0.29) is 23.2 Å². The van der Waals surface area contributed by atoms with Gasteiger partial charge in [0.2, 0.25) is 15.9 Å². The number of carbonyl (C=O) groups is 1. The van der Waals surface area contributed by atoms with Gasteiger partial charge in [-0.1, -0.05) is 32.0 Å². The fraction of sp³-hybridized carbons (Fsp3) is 0.286. The number of primary amides is 1. The fourth-order valence-corrected chi connectivity index (χ4v) is 4.05. The van der Waals surface area contributed by atoms with Gasteiger partial charge in [0.25, 0.3) is 0 Å². The van der Waals surface area contributed by atoms with Crippen molar-refractivity contribution in [1.82, 2.24) is 14.7 Å². The SMILES string of the molecule is COc1cccc(S(=O)(=O)NCc2nc(N[C@H](C(N)=O)C(C)C)c3ccccc3n2)c1. The zero-order chi connectivity index (χ0) is 22.6. The van der Waals surface area contributed by atoms with E-state index in [2.05, 4.69) is 20.0 Å². The molecule has 0 aliphatic heterocycles. The molecule has 3 rings (SSSR count). The molecular weight excluding hydrogens is 418 g/mol. The number of nitrogens with two attached hydrogens (primary N) is 1. The van der Waals surface area contributed by atoms with Gasteiger partial charge in [-0.05, 0) is 30.2 Å². The van der Waals surface area contributed by atoms with E-state index in [1.807, 2.05) is 32.0 Å². The first kappa shape index (κ1) is 22.4. The Balaban J connectivity index is 1.91. The van der Waals surface area contributed by atoms with E-state index in [1.165, 1.54) is 19.2 Å². The summed E-state index contributed by atoms with van der Waals surface area (Å²) in [6.45, 7) is 3.60. The number of benzene rings is 2. The highest BCUT2D eigenvalue weighted by atomic mass is 32.2. The highest BCUT2D eigenvalue weighted by Crippen LogP contribution is 2.23. The number of carbonyl (C=O) groups excluding carboxylic acids is 1. The van der Waals surface area contributed by atoms with E-state index in [0.717, 1.165) is 0 Å². The van der Waals surface area contributed by atoms with Gasteiger partial charge in [-0.15, -0.1) is 0 Å². The summed E-state index contributed by atoms with van der Waals surface area (Å²) in [4.78, 5) is 20.8. The van der Waals surface area contributed by atoms with Crippen molar-refractivity contribution in [1.29, 1.82) is 0 Å². The number of para-hydroxylation sites is 1. The van der Waals surface area contributed by atoms with Crippen LogP contribution in [0.4, 0.5) is 5.82 Å². The third kappa shape index (κ3) is 5.28. The van der Waals surface area contributed by atoms with Crippen LogP contribution in [-0.2, 0) is 21.4 Å². The van der Waals surface area contributed by atoms with Crippen LogP contribution in [-0.4, -0.2) is 37.4 Å². The van der Waals surface area contributed by atoms with Gasteiger partial charge in [-0.3, -0.25) is 4.79 Å². The van der Waals surface area contributed by atoms with Crippen molar-refractivity contribution in [2.75, 3.05) is 12.4 Å². The molecular formula is C21H25N5O4S. The molecule has 4 N–H and O–H groups in total. The highest BCUT2D eigenvalue weighted by Gasteiger charge is 2.22. The molecule has 0 aliphatic carbocycles. The number of hydrogen-bond donors (Lipinski definition) is 3. The maximum Gasteiger partial charge on any atom is 0.241 e. The molecule has 0 fully saturated rings. The van der Waals surface area contributed by atoms with E-state index in [1.54, 1.807) is 18.2 Å². The zero-order valence-corrected chi connectivity index (χ0v) is 18.3. The largest absolute Gasteiger partial charge is 0.497 e. The van der Waals surface area contributed by atoms with E-state index < -0.39 is 22.0 Å². The fourth-order valence-electron chi connectivity index (χ4n) is 3.04. The minimum atomic E-state index is -3.81. The summed E-state index contributed by atoms with van der Waals surface area (Å²) in [6, 6.07) is 12.8. The quantitative estimate of drug-likeness (QED) is 0.460. The molecule has 0 spiro atoms. The van der Waals surface area contributed by atoms with Crippen LogP contribution in [0, 0.1) is 5.92 Å². The van der Waals surface area contributed by atoms with Crippen LogP contribution >= 0.6 is 0 Å². The Hall–Kier alpha value is -3.24. The summed E-state index contributed by atoms with van der Waals surface area (Å²) in [5.41, 5.74) is 6.14. The monoisotopic (exact) mass is 443 g/mol. The van der Waals surface area contributed by atoms with Gasteiger partial charge < -0.3 is 15.8 Å². The first-order valence-corrected chi connectivity index (χ1v) is 11.1. The summed E-state index contributed by atoms with van der Waals surface area (Å²) in [5, 5.41) is 3.79. The van der Waals surface area contributed by atoms with Crippen LogP contribution in [0.3, 0.4) is 0 Å². The molecule has 0 saturated carbocycles. The van der Waals surface area contributed by atoms with Crippen molar-refractivity contribution in [3.63, 3.8) is 0 Å². The number of sulfonamides is 1. The molecule has 10 heteroatoms. The highest BCUT2D eigenvalue weighted by molar-refractivity contribution is 7.89. The van der Waals surface area contributed by atoms with Gasteiger partial charge in [0.05, 0.1) is 24.1 Å². The molecule has 1 amide bonds. The van der Waals surface area contributed by atoms with Crippen molar-refractivity contribution >= 4 is 32.7 Å². The van der Waals surface area contributed by atoms with Crippen molar-refractivity contribution in [2.45, 2.75) is 31.3 Å². The summed E-state index contributed by atoms with van der Waals surface area (Å²) in [6.07, 6.45) is 0. The maximum absolute atomic E-state index is 12.7. The molecule has 3 aromatic rings. The third-order valence-electron chi connectivity index (χ3n) is 4.69. The van der Waals surface area contributed by atoms with Gasteiger partial charge in [0, 0.05) is 11.5 Å².